The van der Waals surface area contributed by atoms with Crippen LogP contribution in [0.3, 0.4) is 0 Å². The molecule has 1 heterocycles. The van der Waals surface area contributed by atoms with Crippen molar-refractivity contribution in [2.45, 2.75) is 26.0 Å². The molecule has 1 aromatic carbocycles. The van der Waals surface area contributed by atoms with Crippen LogP contribution >= 0.6 is 0 Å². The molecule has 1 unspecified atom stereocenters. The highest BCUT2D eigenvalue weighted by molar-refractivity contribution is 5.22. The number of rotatable bonds is 8. The van der Waals surface area contributed by atoms with Gasteiger partial charge in [-0.2, -0.15) is 0 Å². The van der Waals surface area contributed by atoms with Gasteiger partial charge in [-0.3, -0.25) is 0 Å². The summed E-state index contributed by atoms with van der Waals surface area (Å²) in [6, 6.07) is 7.18. The van der Waals surface area contributed by atoms with Gasteiger partial charge < -0.3 is 14.5 Å². The predicted molar refractivity (Wildman–Crippen MR) is 75.8 cm³/mol. The zero-order valence-corrected chi connectivity index (χ0v) is 11.9. The number of ether oxygens (including phenoxy) is 1. The molecule has 3 nitrogen and oxygen atoms in total. The topological polar surface area (TPSA) is 34.4 Å². The predicted octanol–water partition coefficient (Wildman–Crippen LogP) is 3.82. The molecular weight excluding hydrogens is 276 g/mol. The number of halogens is 2. The Hall–Kier alpha value is -1.72. The van der Waals surface area contributed by atoms with Gasteiger partial charge in [0.1, 0.15) is 24.0 Å². The van der Waals surface area contributed by atoms with Gasteiger partial charge in [0.05, 0.1) is 6.26 Å². The Kier molecular flexibility index (Phi) is 5.90. The van der Waals surface area contributed by atoms with Crippen LogP contribution in [0.5, 0.6) is 0 Å². The minimum Gasteiger partial charge on any atom is -0.467 e. The summed E-state index contributed by atoms with van der Waals surface area (Å²) in [6.45, 7) is 3.35. The summed E-state index contributed by atoms with van der Waals surface area (Å²) in [4.78, 5) is 0. The van der Waals surface area contributed by atoms with Crippen molar-refractivity contribution in [1.29, 1.82) is 0 Å². The molecule has 21 heavy (non-hydrogen) atoms. The smallest absolute Gasteiger partial charge is 0.130 e. The van der Waals surface area contributed by atoms with E-state index >= 15 is 0 Å². The SMILES string of the molecule is CC(NCCCOCc1ccco1)c1c(F)cccc1F. The van der Waals surface area contributed by atoms with Crippen molar-refractivity contribution in [2.75, 3.05) is 13.2 Å². The monoisotopic (exact) mass is 295 g/mol. The molecule has 0 radical (unpaired) electrons. The first-order valence-electron chi connectivity index (χ1n) is 6.96. The van der Waals surface area contributed by atoms with Gasteiger partial charge in [-0.25, -0.2) is 8.78 Å². The van der Waals surface area contributed by atoms with Crippen molar-refractivity contribution in [2.24, 2.45) is 0 Å². The van der Waals surface area contributed by atoms with Crippen LogP contribution < -0.4 is 5.32 Å². The Morgan fingerprint density at radius 3 is 2.62 bits per heavy atom. The Morgan fingerprint density at radius 2 is 1.95 bits per heavy atom. The van der Waals surface area contributed by atoms with E-state index in [0.29, 0.717) is 19.8 Å². The third-order valence-corrected chi connectivity index (χ3v) is 3.17. The lowest BCUT2D eigenvalue weighted by Crippen LogP contribution is -2.22. The van der Waals surface area contributed by atoms with E-state index in [1.165, 1.54) is 18.2 Å². The number of furan rings is 1. The highest BCUT2D eigenvalue weighted by atomic mass is 19.1. The largest absolute Gasteiger partial charge is 0.467 e. The Morgan fingerprint density at radius 1 is 1.19 bits per heavy atom. The molecule has 0 fully saturated rings. The molecule has 0 aliphatic carbocycles. The molecule has 0 spiro atoms. The van der Waals surface area contributed by atoms with Gasteiger partial charge in [0.2, 0.25) is 0 Å². The van der Waals surface area contributed by atoms with Crippen LogP contribution in [0.4, 0.5) is 8.78 Å². The van der Waals surface area contributed by atoms with E-state index < -0.39 is 11.6 Å². The van der Waals surface area contributed by atoms with Crippen LogP contribution in [0, 0.1) is 11.6 Å². The molecule has 0 aliphatic rings. The van der Waals surface area contributed by atoms with Gasteiger partial charge in [-0.05, 0) is 44.2 Å². The quantitative estimate of drug-likeness (QED) is 0.752. The highest BCUT2D eigenvalue weighted by Gasteiger charge is 2.14. The summed E-state index contributed by atoms with van der Waals surface area (Å²) in [6.07, 6.45) is 2.35. The summed E-state index contributed by atoms with van der Waals surface area (Å²) >= 11 is 0. The second kappa shape index (κ2) is 7.90. The molecule has 0 saturated heterocycles. The number of hydrogen-bond acceptors (Lipinski definition) is 3. The lowest BCUT2D eigenvalue weighted by Gasteiger charge is -2.15. The van der Waals surface area contributed by atoms with Crippen LogP contribution in [0.25, 0.3) is 0 Å². The summed E-state index contributed by atoms with van der Waals surface area (Å²) in [5.41, 5.74) is 0.0778. The maximum absolute atomic E-state index is 13.6. The first kappa shape index (κ1) is 15.7. The van der Waals surface area contributed by atoms with Crippen LogP contribution in [-0.2, 0) is 11.3 Å². The fourth-order valence-corrected chi connectivity index (χ4v) is 2.09. The molecule has 0 saturated carbocycles. The van der Waals surface area contributed by atoms with Gasteiger partial charge in [-0.15, -0.1) is 0 Å². The molecule has 2 rings (SSSR count). The number of hydrogen-bond donors (Lipinski definition) is 1. The van der Waals surface area contributed by atoms with E-state index in [1.807, 2.05) is 12.1 Å². The fourth-order valence-electron chi connectivity index (χ4n) is 2.09. The fraction of sp³-hybridized carbons (Fsp3) is 0.375. The Bertz CT molecular complexity index is 523. The van der Waals surface area contributed by atoms with Gasteiger partial charge in [-0.1, -0.05) is 6.07 Å². The van der Waals surface area contributed by atoms with Crippen LogP contribution in [-0.4, -0.2) is 13.2 Å². The molecule has 1 N–H and O–H groups in total. The molecule has 1 atom stereocenters. The molecular formula is C16H19F2NO2. The van der Waals surface area contributed by atoms with E-state index in [0.717, 1.165) is 12.2 Å². The number of nitrogens with one attached hydrogen (secondary N) is 1. The second-order valence-electron chi connectivity index (χ2n) is 4.80. The van der Waals surface area contributed by atoms with Crippen LogP contribution in [0.1, 0.15) is 30.7 Å². The van der Waals surface area contributed by atoms with Gasteiger partial charge in [0, 0.05) is 18.2 Å². The first-order chi connectivity index (χ1) is 10.2. The number of benzene rings is 1. The van der Waals surface area contributed by atoms with Crippen molar-refractivity contribution in [1.82, 2.24) is 5.32 Å². The molecule has 0 amide bonds. The van der Waals surface area contributed by atoms with Gasteiger partial charge in [0.15, 0.2) is 0 Å². The molecule has 0 bridgehead atoms. The zero-order chi connectivity index (χ0) is 15.1. The zero-order valence-electron chi connectivity index (χ0n) is 11.9. The molecule has 1 aromatic heterocycles. The summed E-state index contributed by atoms with van der Waals surface area (Å²) in [7, 11) is 0. The van der Waals surface area contributed by atoms with Crippen molar-refractivity contribution in [3.63, 3.8) is 0 Å². The average molecular weight is 295 g/mol. The molecule has 2 aromatic rings. The Labute approximate surface area is 122 Å². The van der Waals surface area contributed by atoms with Crippen molar-refractivity contribution >= 4 is 0 Å². The standard InChI is InChI=1S/C16H19F2NO2/c1-12(16-14(17)6-2-7-15(16)18)19-8-4-9-20-11-13-5-3-10-21-13/h2-3,5-7,10,12,19H,4,8-9,11H2,1H3. The highest BCUT2D eigenvalue weighted by Crippen LogP contribution is 2.19. The van der Waals surface area contributed by atoms with Crippen LogP contribution in [0.2, 0.25) is 0 Å². The second-order valence-corrected chi connectivity index (χ2v) is 4.80. The van der Waals surface area contributed by atoms with E-state index in [2.05, 4.69) is 5.32 Å². The van der Waals surface area contributed by atoms with Crippen molar-refractivity contribution in [3.8, 4) is 0 Å². The van der Waals surface area contributed by atoms with E-state index in [-0.39, 0.29) is 11.6 Å². The maximum Gasteiger partial charge on any atom is 0.130 e. The van der Waals surface area contributed by atoms with Crippen molar-refractivity contribution in [3.05, 3.63) is 59.6 Å². The van der Waals surface area contributed by atoms with Crippen LogP contribution in [0.15, 0.2) is 41.0 Å². The summed E-state index contributed by atoms with van der Waals surface area (Å²) < 4.78 is 37.7. The summed E-state index contributed by atoms with van der Waals surface area (Å²) in [5.74, 6) is -0.266. The molecule has 0 aliphatic heterocycles. The summed E-state index contributed by atoms with van der Waals surface area (Å²) in [5, 5.41) is 3.09. The third kappa shape index (κ3) is 4.65. The first-order valence-corrected chi connectivity index (χ1v) is 6.96. The maximum atomic E-state index is 13.6. The lowest BCUT2D eigenvalue weighted by molar-refractivity contribution is 0.103. The average Bonchev–Trinajstić information content (AvgIpc) is 2.95. The Balaban J connectivity index is 1.66. The normalized spacial score (nSPS) is 12.5. The lowest BCUT2D eigenvalue weighted by atomic mass is 10.1. The molecule has 114 valence electrons. The molecule has 5 heteroatoms. The van der Waals surface area contributed by atoms with Gasteiger partial charge >= 0.3 is 0 Å². The van der Waals surface area contributed by atoms with E-state index in [9.17, 15) is 8.78 Å². The minimum atomic E-state index is -0.524. The van der Waals surface area contributed by atoms with E-state index in [1.54, 1.807) is 13.2 Å². The van der Waals surface area contributed by atoms with Crippen molar-refractivity contribution < 1.29 is 17.9 Å². The third-order valence-electron chi connectivity index (χ3n) is 3.17. The minimum absolute atomic E-state index is 0.0778. The van der Waals surface area contributed by atoms with Gasteiger partial charge in [0.25, 0.3) is 0 Å². The van der Waals surface area contributed by atoms with E-state index in [4.69, 9.17) is 9.15 Å².